The second-order valence-electron chi connectivity index (χ2n) is 6.19. The number of hydrogen-bond donors (Lipinski definition) is 3. The van der Waals surface area contributed by atoms with Crippen LogP contribution in [-0.2, 0) is 10.2 Å². The maximum absolute atomic E-state index is 11.6. The summed E-state index contributed by atoms with van der Waals surface area (Å²) >= 11 is 1.76. The van der Waals surface area contributed by atoms with Gasteiger partial charge < -0.3 is 16.0 Å². The number of rotatable bonds is 7. The molecule has 1 rings (SSSR count). The Morgan fingerprint density at radius 2 is 2.09 bits per heavy atom. The van der Waals surface area contributed by atoms with E-state index in [1.807, 2.05) is 13.8 Å². The summed E-state index contributed by atoms with van der Waals surface area (Å²) in [7, 11) is 1.74. The van der Waals surface area contributed by atoms with Gasteiger partial charge in [-0.05, 0) is 25.3 Å². The third-order valence-electron chi connectivity index (χ3n) is 3.20. The number of amides is 1. The normalized spacial score (nSPS) is 12.4. The number of aliphatic imine (C=N–C) groups is 1. The molecule has 0 atom stereocenters. The highest BCUT2D eigenvalue weighted by molar-refractivity contribution is 7.10. The number of thiophene rings is 1. The molecule has 1 aromatic heterocycles. The van der Waals surface area contributed by atoms with E-state index in [4.69, 9.17) is 0 Å². The zero-order chi connectivity index (χ0) is 16.6. The number of guanidine groups is 1. The summed E-state index contributed by atoms with van der Waals surface area (Å²) in [4.78, 5) is 17.1. The molecule has 0 aliphatic rings. The average molecular weight is 324 g/mol. The van der Waals surface area contributed by atoms with Crippen LogP contribution in [0, 0.1) is 0 Å². The van der Waals surface area contributed by atoms with Gasteiger partial charge in [-0.2, -0.15) is 0 Å². The molecule has 0 bridgehead atoms. The van der Waals surface area contributed by atoms with Crippen LogP contribution >= 0.6 is 11.3 Å². The first-order valence-electron chi connectivity index (χ1n) is 7.63. The van der Waals surface area contributed by atoms with Gasteiger partial charge in [0.15, 0.2) is 5.96 Å². The van der Waals surface area contributed by atoms with E-state index in [2.05, 4.69) is 52.3 Å². The Balaban J connectivity index is 2.35. The van der Waals surface area contributed by atoms with E-state index in [1.165, 1.54) is 4.88 Å². The lowest BCUT2D eigenvalue weighted by Gasteiger charge is -2.25. The van der Waals surface area contributed by atoms with Gasteiger partial charge in [-0.25, -0.2) is 0 Å². The second kappa shape index (κ2) is 8.78. The van der Waals surface area contributed by atoms with Gasteiger partial charge in [-0.1, -0.05) is 19.9 Å². The Morgan fingerprint density at radius 3 is 2.64 bits per heavy atom. The summed E-state index contributed by atoms with van der Waals surface area (Å²) in [5.74, 6) is 0.777. The topological polar surface area (TPSA) is 65.5 Å². The van der Waals surface area contributed by atoms with Crippen LogP contribution in [0.25, 0.3) is 0 Å². The molecule has 124 valence electrons. The molecule has 1 aromatic rings. The van der Waals surface area contributed by atoms with E-state index in [0.717, 1.165) is 12.5 Å². The summed E-state index contributed by atoms with van der Waals surface area (Å²) in [5, 5.41) is 11.5. The molecule has 0 aliphatic heterocycles. The Morgan fingerprint density at radius 1 is 1.36 bits per heavy atom. The van der Waals surface area contributed by atoms with E-state index in [-0.39, 0.29) is 17.4 Å². The second-order valence-corrected chi connectivity index (χ2v) is 7.13. The minimum atomic E-state index is 0.0425. The third kappa shape index (κ3) is 6.47. The highest BCUT2D eigenvalue weighted by Gasteiger charge is 2.21. The first kappa shape index (κ1) is 18.5. The molecule has 0 aromatic carbocycles. The average Bonchev–Trinajstić information content (AvgIpc) is 2.96. The minimum absolute atomic E-state index is 0.0425. The van der Waals surface area contributed by atoms with Crippen molar-refractivity contribution in [1.82, 2.24) is 16.0 Å². The summed E-state index contributed by atoms with van der Waals surface area (Å²) < 4.78 is 0. The van der Waals surface area contributed by atoms with Gasteiger partial charge in [0.2, 0.25) is 5.91 Å². The van der Waals surface area contributed by atoms with Crippen LogP contribution in [0.1, 0.15) is 39.0 Å². The fraction of sp³-hybridized carbons (Fsp3) is 0.625. The Kier molecular flexibility index (Phi) is 7.38. The quantitative estimate of drug-likeness (QED) is 0.531. The molecule has 0 aliphatic carbocycles. The minimum Gasteiger partial charge on any atom is -0.356 e. The standard InChI is InChI=1S/C16H28N4OS/c1-12(2)20-14(21)8-9-18-15(17-5)19-11-16(3,4)13-7-6-10-22-13/h6-7,10,12H,8-9,11H2,1-5H3,(H,20,21)(H2,17,18,19). The zero-order valence-corrected chi connectivity index (χ0v) is 15.0. The number of carbonyl (C=O) groups is 1. The van der Waals surface area contributed by atoms with Crippen molar-refractivity contribution in [3.05, 3.63) is 22.4 Å². The van der Waals surface area contributed by atoms with Crippen molar-refractivity contribution in [2.24, 2.45) is 4.99 Å². The fourth-order valence-electron chi connectivity index (χ4n) is 1.96. The first-order chi connectivity index (χ1) is 10.3. The highest BCUT2D eigenvalue weighted by atomic mass is 32.1. The monoisotopic (exact) mass is 324 g/mol. The molecule has 0 fully saturated rings. The summed E-state index contributed by atoms with van der Waals surface area (Å²) in [6.07, 6.45) is 0.438. The molecule has 0 saturated heterocycles. The van der Waals surface area contributed by atoms with E-state index < -0.39 is 0 Å². The van der Waals surface area contributed by atoms with Gasteiger partial charge in [-0.3, -0.25) is 9.79 Å². The van der Waals surface area contributed by atoms with Crippen LogP contribution < -0.4 is 16.0 Å². The SMILES string of the molecule is CN=C(NCCC(=O)NC(C)C)NCC(C)(C)c1cccs1. The molecule has 0 saturated carbocycles. The van der Waals surface area contributed by atoms with Crippen LogP contribution in [0.5, 0.6) is 0 Å². The van der Waals surface area contributed by atoms with E-state index in [1.54, 1.807) is 18.4 Å². The smallest absolute Gasteiger partial charge is 0.221 e. The molecule has 6 heteroatoms. The molecule has 5 nitrogen and oxygen atoms in total. The van der Waals surface area contributed by atoms with Crippen LogP contribution in [0.15, 0.2) is 22.5 Å². The van der Waals surface area contributed by atoms with E-state index in [0.29, 0.717) is 13.0 Å². The maximum Gasteiger partial charge on any atom is 0.221 e. The number of nitrogens with zero attached hydrogens (tertiary/aromatic N) is 1. The maximum atomic E-state index is 11.6. The van der Waals surface area contributed by atoms with Gasteiger partial charge >= 0.3 is 0 Å². The largest absolute Gasteiger partial charge is 0.356 e. The molecule has 1 amide bonds. The highest BCUT2D eigenvalue weighted by Crippen LogP contribution is 2.26. The number of nitrogens with one attached hydrogen (secondary N) is 3. The predicted molar refractivity (Wildman–Crippen MR) is 94.6 cm³/mol. The predicted octanol–water partition coefficient (Wildman–Crippen LogP) is 2.11. The lowest BCUT2D eigenvalue weighted by atomic mass is 9.91. The van der Waals surface area contributed by atoms with Crippen LogP contribution in [0.4, 0.5) is 0 Å². The Hall–Kier alpha value is -1.56. The number of carbonyl (C=O) groups excluding carboxylic acids is 1. The molecule has 0 radical (unpaired) electrons. The van der Waals surface area contributed by atoms with Crippen LogP contribution in [0.3, 0.4) is 0 Å². The van der Waals surface area contributed by atoms with Crippen molar-refractivity contribution in [3.63, 3.8) is 0 Å². The molecule has 3 N–H and O–H groups in total. The van der Waals surface area contributed by atoms with Crippen molar-refractivity contribution in [3.8, 4) is 0 Å². The van der Waals surface area contributed by atoms with Gasteiger partial charge in [0.1, 0.15) is 0 Å². The van der Waals surface area contributed by atoms with E-state index in [9.17, 15) is 4.79 Å². The number of hydrogen-bond acceptors (Lipinski definition) is 3. The van der Waals surface area contributed by atoms with Crippen LogP contribution in [0.2, 0.25) is 0 Å². The third-order valence-corrected chi connectivity index (χ3v) is 4.44. The van der Waals surface area contributed by atoms with Crippen molar-refractivity contribution >= 4 is 23.2 Å². The molecule has 0 unspecified atom stereocenters. The molecular formula is C16H28N4OS. The van der Waals surface area contributed by atoms with Crippen molar-refractivity contribution < 1.29 is 4.79 Å². The first-order valence-corrected chi connectivity index (χ1v) is 8.51. The molecule has 22 heavy (non-hydrogen) atoms. The summed E-state index contributed by atoms with van der Waals surface area (Å²) in [6.45, 7) is 9.67. The van der Waals surface area contributed by atoms with Gasteiger partial charge in [0, 0.05) is 42.9 Å². The van der Waals surface area contributed by atoms with Crippen molar-refractivity contribution in [2.45, 2.75) is 45.6 Å². The van der Waals surface area contributed by atoms with Gasteiger partial charge in [-0.15, -0.1) is 11.3 Å². The van der Waals surface area contributed by atoms with E-state index >= 15 is 0 Å². The van der Waals surface area contributed by atoms with Crippen molar-refractivity contribution in [2.75, 3.05) is 20.1 Å². The molecule has 1 heterocycles. The zero-order valence-electron chi connectivity index (χ0n) is 14.2. The lowest BCUT2D eigenvalue weighted by Crippen LogP contribution is -2.44. The van der Waals surface area contributed by atoms with Crippen molar-refractivity contribution in [1.29, 1.82) is 0 Å². The Labute approximate surface area is 137 Å². The summed E-state index contributed by atoms with van der Waals surface area (Å²) in [6, 6.07) is 4.40. The van der Waals surface area contributed by atoms with Crippen LogP contribution in [-0.4, -0.2) is 38.0 Å². The summed E-state index contributed by atoms with van der Waals surface area (Å²) in [5.41, 5.74) is 0.0425. The molecular weight excluding hydrogens is 296 g/mol. The molecule has 0 spiro atoms. The van der Waals surface area contributed by atoms with Gasteiger partial charge in [0.05, 0.1) is 0 Å². The van der Waals surface area contributed by atoms with Gasteiger partial charge in [0.25, 0.3) is 0 Å². The lowest BCUT2D eigenvalue weighted by molar-refractivity contribution is -0.121. The fourth-order valence-corrected chi connectivity index (χ4v) is 2.82. The Bertz CT molecular complexity index is 480.